The summed E-state index contributed by atoms with van der Waals surface area (Å²) in [5.41, 5.74) is 1.45. The van der Waals surface area contributed by atoms with Crippen LogP contribution in [0.3, 0.4) is 0 Å². The molecule has 0 radical (unpaired) electrons. The summed E-state index contributed by atoms with van der Waals surface area (Å²) >= 11 is 0. The van der Waals surface area contributed by atoms with Crippen molar-refractivity contribution in [2.75, 3.05) is 19.0 Å². The van der Waals surface area contributed by atoms with Gasteiger partial charge in [0.2, 0.25) is 5.91 Å². The summed E-state index contributed by atoms with van der Waals surface area (Å²) in [5, 5.41) is 3.53. The van der Waals surface area contributed by atoms with Gasteiger partial charge in [-0.25, -0.2) is 9.97 Å². The average Bonchev–Trinajstić information content (AvgIpc) is 2.90. The third-order valence-corrected chi connectivity index (χ3v) is 5.22. The number of aromatic nitrogens is 3. The molecule has 2 aromatic heterocycles. The van der Waals surface area contributed by atoms with Crippen LogP contribution < -0.4 is 5.32 Å². The van der Waals surface area contributed by atoms with Crippen molar-refractivity contribution in [1.82, 2.24) is 19.9 Å². The summed E-state index contributed by atoms with van der Waals surface area (Å²) in [6, 6.07) is 4.90. The van der Waals surface area contributed by atoms with Gasteiger partial charge < -0.3 is 15.0 Å². The summed E-state index contributed by atoms with van der Waals surface area (Å²) in [4.78, 5) is 27.6. The number of methoxy groups -OCH3 is 1. The van der Waals surface area contributed by atoms with Gasteiger partial charge in [0.1, 0.15) is 11.3 Å². The average molecular weight is 341 g/mol. The van der Waals surface area contributed by atoms with Crippen LogP contribution in [0, 0.1) is 0 Å². The Morgan fingerprint density at radius 3 is 2.76 bits per heavy atom. The van der Waals surface area contributed by atoms with Crippen LogP contribution >= 0.6 is 0 Å². The number of carbonyl (C=O) groups is 1. The topological polar surface area (TPSA) is 80.2 Å². The molecule has 0 aliphatic carbocycles. The fourth-order valence-electron chi connectivity index (χ4n) is 4.16. The first-order valence-corrected chi connectivity index (χ1v) is 8.89. The van der Waals surface area contributed by atoms with Gasteiger partial charge in [0, 0.05) is 37.6 Å². The fraction of sp³-hybridized carbons (Fsp3) is 0.556. The number of piperidine rings is 1. The molecular formula is C18H23N5O2. The number of rotatable bonds is 5. The molecule has 2 fully saturated rings. The Labute approximate surface area is 146 Å². The third kappa shape index (κ3) is 3.28. The summed E-state index contributed by atoms with van der Waals surface area (Å²) in [6.45, 7) is 0.499. The summed E-state index contributed by atoms with van der Waals surface area (Å²) in [7, 11) is 1.64. The number of amides is 1. The van der Waals surface area contributed by atoms with Gasteiger partial charge in [0.25, 0.3) is 0 Å². The normalized spacial score (nSPS) is 25.3. The molecule has 7 nitrogen and oxygen atoms in total. The highest BCUT2D eigenvalue weighted by atomic mass is 16.5. The Morgan fingerprint density at radius 2 is 2.00 bits per heavy atom. The Morgan fingerprint density at radius 1 is 1.24 bits per heavy atom. The van der Waals surface area contributed by atoms with Crippen molar-refractivity contribution in [3.05, 3.63) is 24.5 Å². The van der Waals surface area contributed by atoms with Gasteiger partial charge in [0.15, 0.2) is 5.65 Å². The van der Waals surface area contributed by atoms with E-state index in [9.17, 15) is 4.79 Å². The molecule has 7 heteroatoms. The molecule has 2 saturated heterocycles. The molecule has 1 N–H and O–H groups in total. The molecule has 25 heavy (non-hydrogen) atoms. The van der Waals surface area contributed by atoms with E-state index < -0.39 is 0 Å². The van der Waals surface area contributed by atoms with Crippen LogP contribution in [0.15, 0.2) is 24.5 Å². The number of ether oxygens (including phenoxy) is 1. The SMILES string of the molecule is COCCC(=O)N1C2CCC1CC(Nc1ccc3nccnc3n1)C2. The van der Waals surface area contributed by atoms with E-state index in [1.807, 2.05) is 12.1 Å². The molecule has 4 rings (SSSR count). The molecule has 0 spiro atoms. The molecular weight excluding hydrogens is 318 g/mol. The molecule has 4 heterocycles. The van der Waals surface area contributed by atoms with E-state index in [-0.39, 0.29) is 5.91 Å². The van der Waals surface area contributed by atoms with Gasteiger partial charge in [-0.05, 0) is 37.8 Å². The first kappa shape index (κ1) is 16.2. The predicted molar refractivity (Wildman–Crippen MR) is 94.1 cm³/mol. The minimum absolute atomic E-state index is 0.229. The molecule has 0 saturated carbocycles. The van der Waals surface area contributed by atoms with Gasteiger partial charge >= 0.3 is 0 Å². The Kier molecular flexibility index (Phi) is 4.48. The highest BCUT2D eigenvalue weighted by molar-refractivity contribution is 5.77. The van der Waals surface area contributed by atoms with E-state index in [2.05, 4.69) is 25.2 Å². The number of anilines is 1. The second-order valence-corrected chi connectivity index (χ2v) is 6.84. The number of pyridine rings is 1. The maximum atomic E-state index is 12.4. The fourth-order valence-corrected chi connectivity index (χ4v) is 4.16. The lowest BCUT2D eigenvalue weighted by molar-refractivity contribution is -0.136. The minimum Gasteiger partial charge on any atom is -0.384 e. The van der Waals surface area contributed by atoms with Crippen LogP contribution in [0.25, 0.3) is 11.2 Å². The quantitative estimate of drug-likeness (QED) is 0.896. The smallest absolute Gasteiger partial charge is 0.225 e. The van der Waals surface area contributed by atoms with Crippen molar-refractivity contribution in [2.24, 2.45) is 0 Å². The zero-order valence-electron chi connectivity index (χ0n) is 14.4. The number of nitrogens with one attached hydrogen (secondary N) is 1. The van der Waals surface area contributed by atoms with E-state index in [0.717, 1.165) is 37.0 Å². The second kappa shape index (κ2) is 6.92. The summed E-state index contributed by atoms with van der Waals surface area (Å²) < 4.78 is 5.05. The van der Waals surface area contributed by atoms with Crippen molar-refractivity contribution in [3.8, 4) is 0 Å². The van der Waals surface area contributed by atoms with E-state index in [0.29, 0.717) is 36.8 Å². The van der Waals surface area contributed by atoms with Crippen molar-refractivity contribution in [2.45, 2.75) is 50.2 Å². The second-order valence-electron chi connectivity index (χ2n) is 6.84. The lowest BCUT2D eigenvalue weighted by atomic mass is 9.97. The molecule has 2 aliphatic heterocycles. The monoisotopic (exact) mass is 341 g/mol. The van der Waals surface area contributed by atoms with Gasteiger partial charge in [0.05, 0.1) is 13.0 Å². The molecule has 132 valence electrons. The highest BCUT2D eigenvalue weighted by Gasteiger charge is 2.42. The number of hydrogen-bond donors (Lipinski definition) is 1. The lowest BCUT2D eigenvalue weighted by Gasteiger charge is -2.39. The predicted octanol–water partition coefficient (Wildman–Crippen LogP) is 2.00. The zero-order valence-corrected chi connectivity index (χ0v) is 14.4. The van der Waals surface area contributed by atoms with Crippen molar-refractivity contribution < 1.29 is 9.53 Å². The van der Waals surface area contributed by atoms with Crippen molar-refractivity contribution >= 4 is 22.9 Å². The number of hydrogen-bond acceptors (Lipinski definition) is 6. The van der Waals surface area contributed by atoms with E-state index in [1.165, 1.54) is 0 Å². The van der Waals surface area contributed by atoms with Gasteiger partial charge in [-0.3, -0.25) is 9.78 Å². The molecule has 0 aromatic carbocycles. The van der Waals surface area contributed by atoms with E-state index in [4.69, 9.17) is 4.74 Å². The van der Waals surface area contributed by atoms with Crippen LogP contribution in [-0.2, 0) is 9.53 Å². The van der Waals surface area contributed by atoms with Crippen LogP contribution in [0.1, 0.15) is 32.1 Å². The number of fused-ring (bicyclic) bond motifs is 3. The van der Waals surface area contributed by atoms with Crippen molar-refractivity contribution in [1.29, 1.82) is 0 Å². The largest absolute Gasteiger partial charge is 0.384 e. The van der Waals surface area contributed by atoms with E-state index in [1.54, 1.807) is 19.5 Å². The van der Waals surface area contributed by atoms with Gasteiger partial charge in [-0.2, -0.15) is 0 Å². The van der Waals surface area contributed by atoms with E-state index >= 15 is 0 Å². The first-order chi connectivity index (χ1) is 12.2. The van der Waals surface area contributed by atoms with Crippen LogP contribution in [-0.4, -0.2) is 57.6 Å². The minimum atomic E-state index is 0.229. The Bertz CT molecular complexity index is 754. The third-order valence-electron chi connectivity index (χ3n) is 5.22. The zero-order chi connectivity index (χ0) is 17.2. The molecule has 2 bridgehead atoms. The Hall–Kier alpha value is -2.28. The summed E-state index contributed by atoms with van der Waals surface area (Å²) in [6.07, 6.45) is 7.93. The molecule has 2 aliphatic rings. The number of carbonyl (C=O) groups excluding carboxylic acids is 1. The molecule has 2 aromatic rings. The van der Waals surface area contributed by atoms with Crippen LogP contribution in [0.5, 0.6) is 0 Å². The maximum Gasteiger partial charge on any atom is 0.225 e. The maximum absolute atomic E-state index is 12.4. The molecule has 2 atom stereocenters. The summed E-state index contributed by atoms with van der Waals surface area (Å²) in [5.74, 6) is 1.06. The molecule has 2 unspecified atom stereocenters. The molecule has 1 amide bonds. The van der Waals surface area contributed by atoms with Gasteiger partial charge in [-0.1, -0.05) is 0 Å². The van der Waals surface area contributed by atoms with Gasteiger partial charge in [-0.15, -0.1) is 0 Å². The number of nitrogens with zero attached hydrogens (tertiary/aromatic N) is 4. The highest BCUT2D eigenvalue weighted by Crippen LogP contribution is 2.37. The van der Waals surface area contributed by atoms with Crippen LogP contribution in [0.4, 0.5) is 5.82 Å². The van der Waals surface area contributed by atoms with Crippen LogP contribution in [0.2, 0.25) is 0 Å². The first-order valence-electron chi connectivity index (χ1n) is 8.89. The lowest BCUT2D eigenvalue weighted by Crippen LogP contribution is -2.50. The van der Waals surface area contributed by atoms with Crippen molar-refractivity contribution in [3.63, 3.8) is 0 Å². The Balaban J connectivity index is 1.43. The standard InChI is InChI=1S/C18H23N5O2/c1-25-9-6-17(24)23-13-2-3-14(23)11-12(10-13)21-16-5-4-15-18(22-16)20-8-7-19-15/h4-5,7-8,12-14H,2-3,6,9-11H2,1H3,(H,20,21,22).